The lowest BCUT2D eigenvalue weighted by Crippen LogP contribution is -2.19. The Morgan fingerprint density at radius 1 is 1.14 bits per heavy atom. The highest BCUT2D eigenvalue weighted by molar-refractivity contribution is 14.1. The highest BCUT2D eigenvalue weighted by atomic mass is 127. The zero-order chi connectivity index (χ0) is 19.8. The molecule has 0 spiro atoms. The minimum absolute atomic E-state index is 0.132. The first-order valence-corrected chi connectivity index (χ1v) is 10.5. The maximum absolute atomic E-state index is 9.70. The van der Waals surface area contributed by atoms with Gasteiger partial charge in [0.1, 0.15) is 17.4 Å². The summed E-state index contributed by atoms with van der Waals surface area (Å²) < 4.78 is 6.99. The number of hydrogen-bond donors (Lipinski definition) is 1. The molecule has 1 aliphatic carbocycles. The predicted octanol–water partition coefficient (Wildman–Crippen LogP) is 6.54. The average Bonchev–Trinajstić information content (AvgIpc) is 3.06. The summed E-state index contributed by atoms with van der Waals surface area (Å²) in [5.41, 5.74) is 10.4. The van der Waals surface area contributed by atoms with Crippen LogP contribution in [0, 0.1) is 14.9 Å². The van der Waals surface area contributed by atoms with Gasteiger partial charge in [-0.15, -0.1) is 0 Å². The molecule has 0 bridgehead atoms. The van der Waals surface area contributed by atoms with Gasteiger partial charge < -0.3 is 10.5 Å². The van der Waals surface area contributed by atoms with Crippen LogP contribution in [0.1, 0.15) is 29.9 Å². The van der Waals surface area contributed by atoms with E-state index in [-0.39, 0.29) is 11.8 Å². The third kappa shape index (κ3) is 3.43. The molecule has 0 amide bonds. The Hall–Kier alpha value is -1.94. The van der Waals surface area contributed by atoms with Crippen LogP contribution in [0.25, 0.3) is 6.08 Å². The lowest BCUT2D eigenvalue weighted by atomic mass is 9.83. The summed E-state index contributed by atoms with van der Waals surface area (Å²) in [6.45, 7) is 0. The quantitative estimate of drug-likeness (QED) is 0.457. The van der Waals surface area contributed by atoms with Crippen LogP contribution in [-0.4, -0.2) is 0 Å². The van der Waals surface area contributed by atoms with Crippen molar-refractivity contribution in [2.45, 2.75) is 18.8 Å². The first-order valence-electron chi connectivity index (χ1n) is 8.70. The fourth-order valence-electron chi connectivity index (χ4n) is 3.71. The molecule has 2 N–H and O–H groups in total. The van der Waals surface area contributed by atoms with Gasteiger partial charge in [0.2, 0.25) is 5.88 Å². The standard InChI is InChI=1S/C22H15Cl2IN2O/c23-18-4-2-1-3-15(18)20-16-8-6-13(21(16)28-22(27)17(20)11-26)9-12-5-7-14(25)10-19(12)24/h1-5,7,9-10,20H,6,8,27H2/b13-9+. The molecule has 0 radical (unpaired) electrons. The van der Waals surface area contributed by atoms with E-state index >= 15 is 0 Å². The van der Waals surface area contributed by atoms with E-state index in [1.54, 1.807) is 0 Å². The van der Waals surface area contributed by atoms with E-state index in [1.165, 1.54) is 0 Å². The molecule has 1 aliphatic heterocycles. The monoisotopic (exact) mass is 520 g/mol. The summed E-state index contributed by atoms with van der Waals surface area (Å²) in [4.78, 5) is 0. The Morgan fingerprint density at radius 2 is 1.93 bits per heavy atom. The van der Waals surface area contributed by atoms with Crippen molar-refractivity contribution in [3.63, 3.8) is 0 Å². The van der Waals surface area contributed by atoms with Crippen molar-refractivity contribution in [3.8, 4) is 6.07 Å². The molecule has 0 fully saturated rings. The Bertz CT molecular complexity index is 1110. The van der Waals surface area contributed by atoms with E-state index in [1.807, 2.05) is 48.5 Å². The zero-order valence-electron chi connectivity index (χ0n) is 14.7. The number of nitrogens with zero attached hydrogens (tertiary/aromatic N) is 1. The molecule has 1 atom stereocenters. The van der Waals surface area contributed by atoms with Crippen molar-refractivity contribution in [2.24, 2.45) is 5.73 Å². The molecule has 6 heteroatoms. The van der Waals surface area contributed by atoms with Gasteiger partial charge in [-0.1, -0.05) is 47.5 Å². The van der Waals surface area contributed by atoms with Gasteiger partial charge in [-0.2, -0.15) is 5.26 Å². The third-order valence-corrected chi connectivity index (χ3v) is 6.33. The molecular formula is C22H15Cl2IN2O. The van der Waals surface area contributed by atoms with Crippen molar-refractivity contribution in [3.05, 3.63) is 95.6 Å². The minimum Gasteiger partial charge on any atom is -0.440 e. The number of nitriles is 1. The molecule has 1 heterocycles. The molecule has 28 heavy (non-hydrogen) atoms. The zero-order valence-corrected chi connectivity index (χ0v) is 18.3. The van der Waals surface area contributed by atoms with Gasteiger partial charge >= 0.3 is 0 Å². The van der Waals surface area contributed by atoms with E-state index in [9.17, 15) is 5.26 Å². The molecule has 3 nitrogen and oxygen atoms in total. The van der Waals surface area contributed by atoms with Crippen molar-refractivity contribution in [2.75, 3.05) is 0 Å². The van der Waals surface area contributed by atoms with Crippen molar-refractivity contribution in [1.82, 2.24) is 0 Å². The molecule has 4 rings (SSSR count). The van der Waals surface area contributed by atoms with Crippen LogP contribution in [0.4, 0.5) is 0 Å². The molecule has 0 saturated heterocycles. The number of halogens is 3. The highest BCUT2D eigenvalue weighted by Gasteiger charge is 2.37. The normalized spacial score (nSPS) is 20.2. The number of benzene rings is 2. The van der Waals surface area contributed by atoms with E-state index in [2.05, 4.69) is 28.7 Å². The Labute approximate surface area is 187 Å². The van der Waals surface area contributed by atoms with Crippen LogP contribution >= 0.6 is 45.8 Å². The second-order valence-corrected chi connectivity index (χ2v) is 8.70. The molecular weight excluding hydrogens is 506 g/mol. The first kappa shape index (κ1) is 19.4. The SMILES string of the molecule is N#CC1=C(N)OC2=C(CC/C2=C\c2ccc(I)cc2Cl)C1c1ccccc1Cl. The largest absolute Gasteiger partial charge is 0.440 e. The second-order valence-electron chi connectivity index (χ2n) is 6.64. The number of allylic oxidation sites excluding steroid dienone is 3. The molecule has 0 aromatic heterocycles. The summed E-state index contributed by atoms with van der Waals surface area (Å²) in [5, 5.41) is 11.0. The second kappa shape index (κ2) is 7.82. The number of nitrogens with two attached hydrogens (primary N) is 1. The van der Waals surface area contributed by atoms with E-state index in [4.69, 9.17) is 33.7 Å². The number of ether oxygens (including phenoxy) is 1. The molecule has 1 unspecified atom stereocenters. The van der Waals surface area contributed by atoms with Crippen molar-refractivity contribution < 1.29 is 4.74 Å². The lowest BCUT2D eigenvalue weighted by molar-refractivity contribution is 0.292. The first-order chi connectivity index (χ1) is 13.5. The van der Waals surface area contributed by atoms with Gasteiger partial charge in [0.25, 0.3) is 0 Å². The number of rotatable bonds is 2. The number of hydrogen-bond acceptors (Lipinski definition) is 3. The smallest absolute Gasteiger partial charge is 0.205 e. The fraction of sp³-hybridized carbons (Fsp3) is 0.136. The van der Waals surface area contributed by atoms with Crippen molar-refractivity contribution >= 4 is 51.9 Å². The van der Waals surface area contributed by atoms with Crippen LogP contribution < -0.4 is 5.73 Å². The molecule has 2 aromatic carbocycles. The predicted molar refractivity (Wildman–Crippen MR) is 121 cm³/mol. The molecule has 140 valence electrons. The average molecular weight is 521 g/mol. The van der Waals surface area contributed by atoms with Crippen LogP contribution in [0.5, 0.6) is 0 Å². The van der Waals surface area contributed by atoms with Crippen LogP contribution in [0.3, 0.4) is 0 Å². The van der Waals surface area contributed by atoms with Gasteiger partial charge in [0.15, 0.2) is 0 Å². The summed E-state index contributed by atoms with van der Waals surface area (Å²) in [5.74, 6) is 0.573. The summed E-state index contributed by atoms with van der Waals surface area (Å²) in [6, 6.07) is 15.7. The Balaban J connectivity index is 1.83. The summed E-state index contributed by atoms with van der Waals surface area (Å²) in [7, 11) is 0. The highest BCUT2D eigenvalue weighted by Crippen LogP contribution is 2.49. The van der Waals surface area contributed by atoms with Crippen LogP contribution in [-0.2, 0) is 4.74 Å². The maximum Gasteiger partial charge on any atom is 0.205 e. The molecule has 2 aromatic rings. The minimum atomic E-state index is -0.291. The van der Waals surface area contributed by atoms with Gasteiger partial charge in [-0.05, 0) is 82.0 Å². The van der Waals surface area contributed by atoms with Gasteiger partial charge in [0, 0.05) is 13.6 Å². The van der Waals surface area contributed by atoms with Crippen LogP contribution in [0.15, 0.2) is 70.8 Å². The third-order valence-electron chi connectivity index (χ3n) is 4.99. The van der Waals surface area contributed by atoms with E-state index < -0.39 is 0 Å². The molecule has 2 aliphatic rings. The van der Waals surface area contributed by atoms with Gasteiger partial charge in [-0.3, -0.25) is 0 Å². The Kier molecular flexibility index (Phi) is 5.42. The van der Waals surface area contributed by atoms with Crippen LogP contribution in [0.2, 0.25) is 10.0 Å². The van der Waals surface area contributed by atoms with E-state index in [0.29, 0.717) is 15.6 Å². The lowest BCUT2D eigenvalue weighted by Gasteiger charge is -2.26. The maximum atomic E-state index is 9.70. The Morgan fingerprint density at radius 3 is 2.64 bits per heavy atom. The van der Waals surface area contributed by atoms with Gasteiger partial charge in [0.05, 0.1) is 5.92 Å². The van der Waals surface area contributed by atoms with Gasteiger partial charge in [-0.25, -0.2) is 0 Å². The van der Waals surface area contributed by atoms with E-state index in [0.717, 1.165) is 44.4 Å². The molecule has 0 saturated carbocycles. The van der Waals surface area contributed by atoms with Crippen molar-refractivity contribution in [1.29, 1.82) is 5.26 Å². The summed E-state index contributed by atoms with van der Waals surface area (Å²) >= 11 is 15.1. The summed E-state index contributed by atoms with van der Waals surface area (Å²) in [6.07, 6.45) is 3.60. The topological polar surface area (TPSA) is 59.0 Å². The fourth-order valence-corrected chi connectivity index (χ4v) is 4.86.